The maximum absolute atomic E-state index is 12.3. The van der Waals surface area contributed by atoms with Gasteiger partial charge in [-0.1, -0.05) is 35.9 Å². The van der Waals surface area contributed by atoms with Crippen molar-refractivity contribution in [3.05, 3.63) is 77.1 Å². The van der Waals surface area contributed by atoms with E-state index in [9.17, 15) is 9.59 Å². The summed E-state index contributed by atoms with van der Waals surface area (Å²) >= 11 is 6.03. The first-order valence-corrected chi connectivity index (χ1v) is 8.28. The van der Waals surface area contributed by atoms with Crippen molar-refractivity contribution in [1.82, 2.24) is 9.97 Å². The average molecular weight is 383 g/mol. The molecule has 1 amide bonds. The lowest BCUT2D eigenvalue weighted by Gasteiger charge is -2.10. The van der Waals surface area contributed by atoms with Gasteiger partial charge in [-0.3, -0.25) is 4.79 Å². The highest BCUT2D eigenvalue weighted by atomic mass is 35.5. The van der Waals surface area contributed by atoms with E-state index in [1.54, 1.807) is 48.5 Å². The van der Waals surface area contributed by atoms with Crippen LogP contribution in [0.5, 0.6) is 0 Å². The molecule has 0 unspecified atom stereocenters. The number of hydrogen-bond donors (Lipinski definition) is 2. The molecule has 2 aromatic carbocycles. The molecule has 0 saturated carbocycles. The molecule has 2 N–H and O–H groups in total. The number of hydrogen-bond acceptors (Lipinski definition) is 6. The molecule has 0 saturated heterocycles. The van der Waals surface area contributed by atoms with Gasteiger partial charge in [0.1, 0.15) is 0 Å². The van der Waals surface area contributed by atoms with Gasteiger partial charge in [0, 0.05) is 12.4 Å². The average Bonchev–Trinajstić information content (AvgIpc) is 2.70. The Morgan fingerprint density at radius 1 is 0.963 bits per heavy atom. The second-order valence-corrected chi connectivity index (χ2v) is 5.80. The van der Waals surface area contributed by atoms with E-state index in [0.717, 1.165) is 0 Å². The van der Waals surface area contributed by atoms with Crippen molar-refractivity contribution in [2.45, 2.75) is 0 Å². The van der Waals surface area contributed by atoms with Crippen molar-refractivity contribution >= 4 is 40.8 Å². The molecule has 3 rings (SSSR count). The number of nitrogens with one attached hydrogen (secondary N) is 2. The van der Waals surface area contributed by atoms with Gasteiger partial charge >= 0.3 is 5.97 Å². The molecule has 3 aromatic rings. The van der Waals surface area contributed by atoms with Gasteiger partial charge in [-0.15, -0.1) is 0 Å². The van der Waals surface area contributed by atoms with Crippen LogP contribution in [0.4, 0.5) is 17.3 Å². The van der Waals surface area contributed by atoms with E-state index in [-0.39, 0.29) is 17.4 Å². The van der Waals surface area contributed by atoms with E-state index < -0.39 is 5.97 Å². The van der Waals surface area contributed by atoms with Gasteiger partial charge in [0.2, 0.25) is 5.95 Å². The van der Waals surface area contributed by atoms with Crippen LogP contribution in [0.2, 0.25) is 5.02 Å². The monoisotopic (exact) mass is 382 g/mol. The normalized spacial score (nSPS) is 10.1. The Hall–Kier alpha value is -3.45. The SMILES string of the molecule is COC(=O)c1ccccc1Nc1ncc(C(=O)Nc2ccccc2Cl)cn1. The van der Waals surface area contributed by atoms with Crippen molar-refractivity contribution in [2.75, 3.05) is 17.7 Å². The molecular weight excluding hydrogens is 368 g/mol. The number of nitrogens with zero attached hydrogens (tertiary/aromatic N) is 2. The minimum atomic E-state index is -0.478. The van der Waals surface area contributed by atoms with Crippen LogP contribution in [0.1, 0.15) is 20.7 Å². The van der Waals surface area contributed by atoms with Gasteiger partial charge in [0.05, 0.1) is 34.6 Å². The summed E-state index contributed by atoms with van der Waals surface area (Å²) < 4.78 is 4.75. The number of methoxy groups -OCH3 is 1. The molecule has 0 fully saturated rings. The van der Waals surface area contributed by atoms with Gasteiger partial charge in [-0.25, -0.2) is 14.8 Å². The number of anilines is 3. The van der Waals surface area contributed by atoms with Crippen molar-refractivity contribution in [2.24, 2.45) is 0 Å². The Balaban J connectivity index is 1.74. The molecule has 0 spiro atoms. The third-order valence-electron chi connectivity index (χ3n) is 3.61. The van der Waals surface area contributed by atoms with Crippen LogP contribution < -0.4 is 10.6 Å². The van der Waals surface area contributed by atoms with Gasteiger partial charge in [-0.05, 0) is 24.3 Å². The number of halogens is 1. The Morgan fingerprint density at radius 3 is 2.26 bits per heavy atom. The number of aromatic nitrogens is 2. The van der Waals surface area contributed by atoms with Gasteiger partial charge in [0.25, 0.3) is 5.91 Å². The van der Waals surface area contributed by atoms with E-state index in [1.807, 2.05) is 0 Å². The molecule has 0 aliphatic carbocycles. The maximum Gasteiger partial charge on any atom is 0.339 e. The lowest BCUT2D eigenvalue weighted by Crippen LogP contribution is -2.13. The van der Waals surface area contributed by atoms with E-state index in [0.29, 0.717) is 22.0 Å². The fourth-order valence-electron chi connectivity index (χ4n) is 2.27. The number of carbonyl (C=O) groups is 2. The molecular formula is C19H15ClN4O3. The smallest absolute Gasteiger partial charge is 0.339 e. The highest BCUT2D eigenvalue weighted by Gasteiger charge is 2.13. The van der Waals surface area contributed by atoms with Crippen molar-refractivity contribution < 1.29 is 14.3 Å². The molecule has 1 heterocycles. The van der Waals surface area contributed by atoms with Gasteiger partial charge < -0.3 is 15.4 Å². The van der Waals surface area contributed by atoms with Gasteiger partial charge in [0.15, 0.2) is 0 Å². The second-order valence-electron chi connectivity index (χ2n) is 5.39. The molecule has 8 heteroatoms. The molecule has 7 nitrogen and oxygen atoms in total. The summed E-state index contributed by atoms with van der Waals surface area (Å²) in [7, 11) is 1.31. The Kier molecular flexibility index (Phi) is 5.63. The van der Waals surface area contributed by atoms with E-state index in [1.165, 1.54) is 19.5 Å². The quantitative estimate of drug-likeness (QED) is 0.650. The van der Waals surface area contributed by atoms with Crippen LogP contribution in [0.15, 0.2) is 60.9 Å². The summed E-state index contributed by atoms with van der Waals surface area (Å²) in [5.41, 5.74) is 1.61. The Labute approximate surface area is 160 Å². The highest BCUT2D eigenvalue weighted by Crippen LogP contribution is 2.22. The van der Waals surface area contributed by atoms with Crippen LogP contribution in [-0.4, -0.2) is 29.0 Å². The molecule has 0 radical (unpaired) electrons. The topological polar surface area (TPSA) is 93.2 Å². The largest absolute Gasteiger partial charge is 0.465 e. The zero-order valence-corrected chi connectivity index (χ0v) is 15.0. The van der Waals surface area contributed by atoms with Crippen molar-refractivity contribution in [3.63, 3.8) is 0 Å². The third-order valence-corrected chi connectivity index (χ3v) is 3.94. The summed E-state index contributed by atoms with van der Waals surface area (Å²) in [5.74, 6) is -0.626. The summed E-state index contributed by atoms with van der Waals surface area (Å²) in [6.07, 6.45) is 2.75. The fourth-order valence-corrected chi connectivity index (χ4v) is 2.45. The minimum absolute atomic E-state index is 0.237. The molecule has 1 aromatic heterocycles. The number of rotatable bonds is 5. The lowest BCUT2D eigenvalue weighted by molar-refractivity contribution is 0.0601. The van der Waals surface area contributed by atoms with E-state index in [2.05, 4.69) is 20.6 Å². The van der Waals surface area contributed by atoms with Crippen molar-refractivity contribution in [1.29, 1.82) is 0 Å². The number of carbonyl (C=O) groups excluding carboxylic acids is 2. The minimum Gasteiger partial charge on any atom is -0.465 e. The Morgan fingerprint density at radius 2 is 1.59 bits per heavy atom. The highest BCUT2D eigenvalue weighted by molar-refractivity contribution is 6.33. The zero-order chi connectivity index (χ0) is 19.2. The first-order chi connectivity index (χ1) is 13.1. The maximum atomic E-state index is 12.3. The number of amides is 1. The first kappa shape index (κ1) is 18.3. The fraction of sp³-hybridized carbons (Fsp3) is 0.0526. The molecule has 0 aliphatic heterocycles. The van der Waals surface area contributed by atoms with Crippen LogP contribution in [0, 0.1) is 0 Å². The standard InChI is InChI=1S/C19H15ClN4O3/c1-27-18(26)13-6-2-4-8-15(13)24-19-21-10-12(11-22-19)17(25)23-16-9-5-3-7-14(16)20/h2-11H,1H3,(H,23,25)(H,21,22,24). The van der Waals surface area contributed by atoms with Crippen LogP contribution in [0.3, 0.4) is 0 Å². The predicted octanol–water partition coefficient (Wildman–Crippen LogP) is 3.91. The Bertz CT molecular complexity index is 977. The molecule has 136 valence electrons. The summed E-state index contributed by atoms with van der Waals surface area (Å²) in [4.78, 5) is 32.3. The first-order valence-electron chi connectivity index (χ1n) is 7.91. The molecule has 0 bridgehead atoms. The summed E-state index contributed by atoms with van der Waals surface area (Å²) in [5, 5.41) is 6.07. The molecule has 0 aliphatic rings. The lowest BCUT2D eigenvalue weighted by atomic mass is 10.2. The molecule has 0 atom stereocenters. The predicted molar refractivity (Wildman–Crippen MR) is 103 cm³/mol. The van der Waals surface area contributed by atoms with Crippen LogP contribution in [0.25, 0.3) is 0 Å². The number of ether oxygens (including phenoxy) is 1. The van der Waals surface area contributed by atoms with Gasteiger partial charge in [-0.2, -0.15) is 0 Å². The third kappa shape index (κ3) is 4.39. The zero-order valence-electron chi connectivity index (χ0n) is 14.3. The van der Waals surface area contributed by atoms with E-state index >= 15 is 0 Å². The van der Waals surface area contributed by atoms with E-state index in [4.69, 9.17) is 16.3 Å². The van der Waals surface area contributed by atoms with Crippen LogP contribution >= 0.6 is 11.6 Å². The van der Waals surface area contributed by atoms with Crippen LogP contribution in [-0.2, 0) is 4.74 Å². The summed E-state index contributed by atoms with van der Waals surface area (Å²) in [6.45, 7) is 0. The number of benzene rings is 2. The number of esters is 1. The molecule has 27 heavy (non-hydrogen) atoms. The number of para-hydroxylation sites is 2. The van der Waals surface area contributed by atoms with Crippen molar-refractivity contribution in [3.8, 4) is 0 Å². The second kappa shape index (κ2) is 8.29. The summed E-state index contributed by atoms with van der Waals surface area (Å²) in [6, 6.07) is 13.7.